The minimum absolute atomic E-state index is 0.246. The highest BCUT2D eigenvalue weighted by atomic mass is 32.1. The average Bonchev–Trinajstić information content (AvgIpc) is 3.90. The van der Waals surface area contributed by atoms with Gasteiger partial charge in [-0.3, -0.25) is 14.4 Å². The molecule has 7 rings (SSSR count). The molecular weight excluding hydrogens is 661 g/mol. The third kappa shape index (κ3) is 7.41. The van der Waals surface area contributed by atoms with E-state index in [4.69, 9.17) is 15.0 Å². The van der Waals surface area contributed by atoms with E-state index in [9.17, 15) is 14.4 Å². The first-order valence-electron chi connectivity index (χ1n) is 15.4. The minimum Gasteiger partial charge on any atom is -0.341 e. The summed E-state index contributed by atoms with van der Waals surface area (Å²) in [6.07, 6.45) is 1.43. The van der Waals surface area contributed by atoms with E-state index in [0.717, 1.165) is 16.7 Å². The molecule has 0 radical (unpaired) electrons. The molecule has 0 fully saturated rings. The van der Waals surface area contributed by atoms with Crippen LogP contribution in [0.15, 0.2) is 107 Å². The van der Waals surface area contributed by atoms with Crippen LogP contribution in [0.1, 0.15) is 81.3 Å². The topological polar surface area (TPSA) is 126 Å². The number of nitrogens with zero attached hydrogens (tertiary/aromatic N) is 3. The molecule has 9 nitrogen and oxygen atoms in total. The first kappa shape index (κ1) is 31.6. The Hall–Kier alpha value is -5.04. The molecular formula is C36H30N6O3S3. The summed E-state index contributed by atoms with van der Waals surface area (Å²) in [5, 5.41) is 16.3. The summed E-state index contributed by atoms with van der Waals surface area (Å²) in [4.78, 5) is 55.2. The maximum atomic E-state index is 13.7. The molecule has 0 saturated carbocycles. The first-order valence-corrected chi connectivity index (χ1v) is 18.0. The summed E-state index contributed by atoms with van der Waals surface area (Å²) >= 11 is 3.97. The Morgan fingerprint density at radius 1 is 0.438 bits per heavy atom. The maximum absolute atomic E-state index is 13.7. The van der Waals surface area contributed by atoms with E-state index in [-0.39, 0.29) is 34.8 Å². The Kier molecular flexibility index (Phi) is 9.46. The highest BCUT2D eigenvalue weighted by Gasteiger charge is 2.28. The predicted octanol–water partition coefficient (Wildman–Crippen LogP) is 6.51. The fraction of sp³-hybridized carbons (Fsp3) is 0.167. The SMILES string of the molecule is O=C1N[C@H](Cc2ccccc2)c2nc(cs2)C(=O)N[C@H](Cc2ccccc2)c2nc(cs2)C(=O)N[C@H](Cc2ccccc2)c2nc1cs2. The zero-order chi connectivity index (χ0) is 32.9. The van der Waals surface area contributed by atoms with Gasteiger partial charge >= 0.3 is 0 Å². The largest absolute Gasteiger partial charge is 0.341 e. The monoisotopic (exact) mass is 690 g/mol. The van der Waals surface area contributed by atoms with Gasteiger partial charge in [0.2, 0.25) is 0 Å². The molecule has 48 heavy (non-hydrogen) atoms. The van der Waals surface area contributed by atoms with Gasteiger partial charge < -0.3 is 16.0 Å². The van der Waals surface area contributed by atoms with E-state index in [1.807, 2.05) is 91.0 Å². The second-order valence-corrected chi connectivity index (χ2v) is 14.0. The third-order valence-electron chi connectivity index (χ3n) is 7.92. The number of amides is 3. The lowest BCUT2D eigenvalue weighted by Gasteiger charge is -2.18. The van der Waals surface area contributed by atoms with E-state index in [1.165, 1.54) is 34.0 Å². The quantitative estimate of drug-likeness (QED) is 0.183. The molecule has 0 spiro atoms. The van der Waals surface area contributed by atoms with Crippen LogP contribution in [-0.4, -0.2) is 32.7 Å². The van der Waals surface area contributed by atoms with Gasteiger partial charge in [-0.1, -0.05) is 91.0 Å². The summed E-state index contributed by atoms with van der Waals surface area (Å²) in [6, 6.07) is 28.0. The molecule has 4 heterocycles. The highest BCUT2D eigenvalue weighted by molar-refractivity contribution is 7.10. The molecule has 6 bridgehead atoms. The Bertz CT molecular complexity index is 1790. The van der Waals surface area contributed by atoms with Crippen molar-refractivity contribution in [1.29, 1.82) is 0 Å². The van der Waals surface area contributed by atoms with Gasteiger partial charge in [0.15, 0.2) is 0 Å². The second-order valence-electron chi connectivity index (χ2n) is 11.4. The fourth-order valence-corrected chi connectivity index (χ4v) is 8.05. The summed E-state index contributed by atoms with van der Waals surface area (Å²) in [5.74, 6) is -1.09. The van der Waals surface area contributed by atoms with Crippen molar-refractivity contribution in [2.45, 2.75) is 37.4 Å². The lowest BCUT2D eigenvalue weighted by molar-refractivity contribution is 0.0928. The molecule has 3 atom stereocenters. The Labute approximate surface area is 289 Å². The van der Waals surface area contributed by atoms with Crippen LogP contribution in [0.5, 0.6) is 0 Å². The molecule has 240 valence electrons. The molecule has 0 saturated heterocycles. The van der Waals surface area contributed by atoms with Crippen LogP contribution in [0.3, 0.4) is 0 Å². The van der Waals surface area contributed by atoms with Crippen LogP contribution in [0.25, 0.3) is 0 Å². The summed E-state index contributed by atoms with van der Waals surface area (Å²) in [6.45, 7) is 0. The molecule has 12 heteroatoms. The van der Waals surface area contributed by atoms with Crippen LogP contribution in [0.2, 0.25) is 0 Å². The number of fused-ring (bicyclic) bond motifs is 6. The van der Waals surface area contributed by atoms with Gasteiger partial charge in [0.25, 0.3) is 17.7 Å². The van der Waals surface area contributed by atoms with Gasteiger partial charge in [0.05, 0.1) is 18.1 Å². The van der Waals surface area contributed by atoms with Crippen molar-refractivity contribution < 1.29 is 14.4 Å². The predicted molar refractivity (Wildman–Crippen MR) is 187 cm³/mol. The number of benzene rings is 3. The molecule has 3 aromatic carbocycles. The van der Waals surface area contributed by atoms with E-state index in [1.54, 1.807) is 16.1 Å². The van der Waals surface area contributed by atoms with Gasteiger partial charge in [-0.2, -0.15) is 0 Å². The Morgan fingerprint density at radius 2 is 0.708 bits per heavy atom. The number of hydrogen-bond donors (Lipinski definition) is 3. The number of rotatable bonds is 6. The van der Waals surface area contributed by atoms with Crippen molar-refractivity contribution in [1.82, 2.24) is 30.9 Å². The van der Waals surface area contributed by atoms with Gasteiger partial charge in [-0.15, -0.1) is 34.0 Å². The van der Waals surface area contributed by atoms with Crippen LogP contribution in [-0.2, 0) is 19.3 Å². The summed E-state index contributed by atoms with van der Waals surface area (Å²) < 4.78 is 0. The Morgan fingerprint density at radius 3 is 0.979 bits per heavy atom. The number of hydrogen-bond acceptors (Lipinski definition) is 9. The number of nitrogens with one attached hydrogen (secondary N) is 3. The van der Waals surface area contributed by atoms with Crippen molar-refractivity contribution in [2.24, 2.45) is 0 Å². The molecule has 3 N–H and O–H groups in total. The molecule has 0 aliphatic carbocycles. The molecule has 3 amide bonds. The van der Waals surface area contributed by atoms with Gasteiger partial charge in [0, 0.05) is 16.1 Å². The van der Waals surface area contributed by atoms with Gasteiger partial charge in [0.1, 0.15) is 32.1 Å². The van der Waals surface area contributed by atoms with Crippen molar-refractivity contribution in [3.63, 3.8) is 0 Å². The maximum Gasteiger partial charge on any atom is 0.271 e. The normalized spacial score (nSPS) is 18.2. The minimum atomic E-state index is -0.503. The van der Waals surface area contributed by atoms with E-state index in [2.05, 4.69) is 16.0 Å². The molecule has 0 unspecified atom stereocenters. The first-order chi connectivity index (χ1) is 23.5. The molecule has 1 aliphatic heterocycles. The van der Waals surface area contributed by atoms with Crippen molar-refractivity contribution in [2.75, 3.05) is 0 Å². The molecule has 3 aromatic heterocycles. The number of thiazole rings is 3. The highest BCUT2D eigenvalue weighted by Crippen LogP contribution is 2.28. The molecule has 6 aromatic rings. The van der Waals surface area contributed by atoms with Crippen LogP contribution in [0, 0.1) is 0 Å². The molecule has 1 aliphatic rings. The zero-order valence-corrected chi connectivity index (χ0v) is 28.0. The fourth-order valence-electron chi connectivity index (χ4n) is 5.50. The smallest absolute Gasteiger partial charge is 0.271 e. The average molecular weight is 691 g/mol. The number of carbonyl (C=O) groups excluding carboxylic acids is 3. The second kappa shape index (κ2) is 14.4. The number of carbonyl (C=O) groups is 3. The van der Waals surface area contributed by atoms with Crippen LogP contribution < -0.4 is 16.0 Å². The van der Waals surface area contributed by atoms with Crippen molar-refractivity contribution in [3.05, 3.63) is 156 Å². The van der Waals surface area contributed by atoms with E-state index in [0.29, 0.717) is 34.3 Å². The van der Waals surface area contributed by atoms with Crippen LogP contribution >= 0.6 is 34.0 Å². The van der Waals surface area contributed by atoms with E-state index < -0.39 is 18.1 Å². The third-order valence-corrected chi connectivity index (χ3v) is 10.8. The lowest BCUT2D eigenvalue weighted by atomic mass is 10.1. The van der Waals surface area contributed by atoms with Crippen molar-refractivity contribution >= 4 is 51.7 Å². The summed E-state index contributed by atoms with van der Waals surface area (Å²) in [5.41, 5.74) is 3.77. The van der Waals surface area contributed by atoms with Crippen LogP contribution in [0.4, 0.5) is 0 Å². The lowest BCUT2D eigenvalue weighted by Crippen LogP contribution is -2.33. The van der Waals surface area contributed by atoms with Gasteiger partial charge in [-0.05, 0) is 36.0 Å². The van der Waals surface area contributed by atoms with E-state index >= 15 is 0 Å². The van der Waals surface area contributed by atoms with Crippen molar-refractivity contribution in [3.8, 4) is 0 Å². The number of aromatic nitrogens is 3. The summed E-state index contributed by atoms with van der Waals surface area (Å²) in [7, 11) is 0. The Balaban J connectivity index is 1.28. The van der Waals surface area contributed by atoms with Gasteiger partial charge in [-0.25, -0.2) is 15.0 Å². The zero-order valence-electron chi connectivity index (χ0n) is 25.5. The standard InChI is InChI=1S/C36H30N6O3S3/c43-31-28-20-47-35(41-28)26(17-23-12-6-2-7-13-23)39-33(45)30-21-48-36(42-30)27(18-24-14-8-3-9-15-24)38-32(44)29-19-46-34(40-29)25(37-31)16-22-10-4-1-5-11-22/h1-15,19-21,25-27H,16-18H2,(H,37,43)(H,38,44)(H,39,45)/t25-,26-,27-/m1/s1.